The van der Waals surface area contributed by atoms with Crippen molar-refractivity contribution < 1.29 is 37.6 Å². The van der Waals surface area contributed by atoms with E-state index in [0.717, 1.165) is 0 Å². The number of carboxylic acid groups (broad SMARTS) is 1. The first-order valence-corrected chi connectivity index (χ1v) is 10.0. The predicted octanol–water partition coefficient (Wildman–Crippen LogP) is 3.26. The number of rotatable bonds is 7. The Bertz CT molecular complexity index is 1030. The average Bonchev–Trinajstić information content (AvgIpc) is 3.36. The van der Waals surface area contributed by atoms with E-state index in [2.05, 4.69) is 15.3 Å². The number of anilines is 1. The lowest BCUT2D eigenvalue weighted by molar-refractivity contribution is -0.149. The lowest BCUT2D eigenvalue weighted by Crippen LogP contribution is -2.22. The number of hydrogen-bond acceptors (Lipinski definition) is 8. The molecule has 9 nitrogen and oxygen atoms in total. The molecule has 1 aromatic carbocycles. The second-order valence-corrected chi connectivity index (χ2v) is 7.53. The summed E-state index contributed by atoms with van der Waals surface area (Å²) < 4.78 is 49.9. The molecule has 0 saturated carbocycles. The zero-order valence-corrected chi connectivity index (χ0v) is 17.7. The first-order chi connectivity index (χ1) is 15.2. The molecule has 2 aliphatic rings. The van der Waals surface area contributed by atoms with E-state index in [4.69, 9.17) is 18.9 Å². The molecular weight excluding hydrogens is 428 g/mol. The molecule has 2 N–H and O–H groups in total. The molecule has 2 aliphatic heterocycles. The summed E-state index contributed by atoms with van der Waals surface area (Å²) in [6.07, 6.45) is -2.28. The van der Waals surface area contributed by atoms with Gasteiger partial charge >= 0.3 is 11.9 Å². The van der Waals surface area contributed by atoms with Gasteiger partial charge in [-0.1, -0.05) is 12.1 Å². The molecular formula is C21H23F2N3O6. The van der Waals surface area contributed by atoms with Crippen molar-refractivity contribution in [3.63, 3.8) is 0 Å². The minimum atomic E-state index is -3.06. The van der Waals surface area contributed by atoms with Crippen molar-refractivity contribution in [3.8, 4) is 5.75 Å². The first-order valence-electron chi connectivity index (χ1n) is 10.0. The maximum atomic E-state index is 14.1. The Morgan fingerprint density at radius 1 is 1.31 bits per heavy atom. The lowest BCUT2D eigenvalue weighted by Gasteiger charge is -2.24. The van der Waals surface area contributed by atoms with E-state index in [1.54, 1.807) is 26.0 Å². The molecule has 0 amide bonds. The third-order valence-electron chi connectivity index (χ3n) is 5.31. The van der Waals surface area contributed by atoms with Crippen LogP contribution in [-0.4, -0.2) is 48.0 Å². The topological polar surface area (TPSA) is 112 Å². The molecule has 1 aromatic heterocycles. The van der Waals surface area contributed by atoms with Gasteiger partial charge in [0.15, 0.2) is 19.0 Å². The summed E-state index contributed by atoms with van der Waals surface area (Å²) in [7, 11) is 1.26. The fourth-order valence-corrected chi connectivity index (χ4v) is 3.87. The molecule has 0 aliphatic carbocycles. The monoisotopic (exact) mass is 451 g/mol. The first kappa shape index (κ1) is 22.3. The number of aryl methyl sites for hydroxylation is 1. The number of para-hydroxylation sites is 1. The number of nitrogens with zero attached hydrogens (tertiary/aromatic N) is 2. The molecule has 2 atom stereocenters. The molecule has 1 unspecified atom stereocenters. The van der Waals surface area contributed by atoms with Crippen LogP contribution in [0, 0.1) is 6.92 Å². The van der Waals surface area contributed by atoms with Gasteiger partial charge in [-0.15, -0.1) is 0 Å². The predicted molar refractivity (Wildman–Crippen MR) is 107 cm³/mol. The van der Waals surface area contributed by atoms with E-state index in [0.29, 0.717) is 24.6 Å². The van der Waals surface area contributed by atoms with Crippen LogP contribution >= 0.6 is 0 Å². The van der Waals surface area contributed by atoms with Crippen LogP contribution in [0.1, 0.15) is 53.6 Å². The molecule has 0 radical (unpaired) electrons. The summed E-state index contributed by atoms with van der Waals surface area (Å²) in [5.74, 6) is -3.62. The van der Waals surface area contributed by atoms with Crippen molar-refractivity contribution in [2.24, 2.45) is 0 Å². The van der Waals surface area contributed by atoms with Gasteiger partial charge in [0.2, 0.25) is 0 Å². The van der Waals surface area contributed by atoms with Crippen molar-refractivity contribution >= 4 is 11.8 Å². The Morgan fingerprint density at radius 2 is 2.03 bits per heavy atom. The number of alkyl halides is 2. The van der Waals surface area contributed by atoms with Crippen LogP contribution < -0.4 is 10.1 Å². The Labute approximate surface area is 182 Å². The zero-order valence-electron chi connectivity index (χ0n) is 17.7. The second kappa shape index (κ2) is 8.57. The van der Waals surface area contributed by atoms with E-state index >= 15 is 0 Å². The molecule has 0 spiro atoms. The van der Waals surface area contributed by atoms with Crippen molar-refractivity contribution in [2.75, 3.05) is 32.2 Å². The fraction of sp³-hybridized carbons (Fsp3) is 0.476. The maximum absolute atomic E-state index is 14.1. The van der Waals surface area contributed by atoms with Crippen molar-refractivity contribution in [1.82, 2.24) is 9.97 Å². The number of ether oxygens (including phenoxy) is 4. The summed E-state index contributed by atoms with van der Waals surface area (Å²) >= 11 is 0. The molecule has 4 rings (SSSR count). The van der Waals surface area contributed by atoms with Crippen LogP contribution in [0.4, 0.5) is 14.6 Å². The number of carbonyl (C=O) groups is 1. The van der Waals surface area contributed by atoms with Crippen LogP contribution in [0.25, 0.3) is 0 Å². The number of carboxylic acids is 1. The Hall–Kier alpha value is -2.89. The Morgan fingerprint density at radius 3 is 2.69 bits per heavy atom. The van der Waals surface area contributed by atoms with Crippen LogP contribution in [0.3, 0.4) is 0 Å². The number of halogens is 2. The third kappa shape index (κ3) is 3.98. The molecule has 1 fully saturated rings. The number of methoxy groups -OCH3 is 1. The summed E-state index contributed by atoms with van der Waals surface area (Å²) in [5.41, 5.74) is 0.720. The average molecular weight is 451 g/mol. The molecule has 11 heteroatoms. The Balaban J connectivity index is 1.76. The van der Waals surface area contributed by atoms with Gasteiger partial charge in [-0.05, 0) is 19.9 Å². The van der Waals surface area contributed by atoms with Gasteiger partial charge in [0.1, 0.15) is 17.4 Å². The highest BCUT2D eigenvalue weighted by Gasteiger charge is 2.43. The number of hydrogen-bond donors (Lipinski definition) is 2. The smallest absolute Gasteiger partial charge is 0.339 e. The summed E-state index contributed by atoms with van der Waals surface area (Å²) in [4.78, 5) is 20.5. The van der Waals surface area contributed by atoms with E-state index in [1.165, 1.54) is 13.2 Å². The standard InChI is InChI=1S/C21H23F2N3O6/c1-10(12-5-4-6-13-16(12)32-9-21(13,22)23)24-18-14(20-30-7-8-31-20)15(25-11(2)26-18)17(29-3)19(27)28/h4-6,10,17,20H,7-9H2,1-3H3,(H,27,28)(H,24,25,26)/t10-,17?/m1/s1. The number of fused-ring (bicyclic) bond motifs is 1. The molecule has 2 aromatic rings. The van der Waals surface area contributed by atoms with Gasteiger partial charge in [-0.2, -0.15) is 8.78 Å². The van der Waals surface area contributed by atoms with Crippen LogP contribution in [0.5, 0.6) is 5.75 Å². The Kier molecular flexibility index (Phi) is 5.97. The molecule has 172 valence electrons. The normalized spacial score (nSPS) is 19.3. The quantitative estimate of drug-likeness (QED) is 0.655. The van der Waals surface area contributed by atoms with Crippen molar-refractivity contribution in [3.05, 3.63) is 46.4 Å². The maximum Gasteiger partial charge on any atom is 0.339 e. The van der Waals surface area contributed by atoms with Crippen LogP contribution in [-0.2, 0) is 24.9 Å². The second-order valence-electron chi connectivity index (χ2n) is 7.53. The molecule has 1 saturated heterocycles. The van der Waals surface area contributed by atoms with E-state index in [-0.39, 0.29) is 28.4 Å². The van der Waals surface area contributed by atoms with Gasteiger partial charge < -0.3 is 29.4 Å². The van der Waals surface area contributed by atoms with Gasteiger partial charge in [-0.25, -0.2) is 14.8 Å². The SMILES string of the molecule is COC(C(=O)O)c1nc(C)nc(N[C@H](C)c2cccc3c2OCC3(F)F)c1C1OCCO1. The minimum absolute atomic E-state index is 0.0928. The highest BCUT2D eigenvalue weighted by Crippen LogP contribution is 2.45. The number of aliphatic carboxylic acids is 1. The van der Waals surface area contributed by atoms with Gasteiger partial charge in [-0.3, -0.25) is 0 Å². The van der Waals surface area contributed by atoms with E-state index < -0.39 is 36.9 Å². The largest absolute Gasteiger partial charge is 0.486 e. The van der Waals surface area contributed by atoms with Gasteiger partial charge in [0.05, 0.1) is 36.1 Å². The molecule has 3 heterocycles. The number of aromatic nitrogens is 2. The molecule has 0 bridgehead atoms. The fourth-order valence-electron chi connectivity index (χ4n) is 3.87. The van der Waals surface area contributed by atoms with Gasteiger partial charge in [0.25, 0.3) is 0 Å². The van der Waals surface area contributed by atoms with Gasteiger partial charge in [0, 0.05) is 12.7 Å². The molecule has 32 heavy (non-hydrogen) atoms. The van der Waals surface area contributed by atoms with Crippen molar-refractivity contribution in [2.45, 2.75) is 38.2 Å². The highest BCUT2D eigenvalue weighted by atomic mass is 19.3. The highest BCUT2D eigenvalue weighted by molar-refractivity contribution is 5.75. The van der Waals surface area contributed by atoms with E-state index in [1.807, 2.05) is 0 Å². The van der Waals surface area contributed by atoms with E-state index in [9.17, 15) is 18.7 Å². The van der Waals surface area contributed by atoms with Crippen LogP contribution in [0.2, 0.25) is 0 Å². The minimum Gasteiger partial charge on any atom is -0.486 e. The van der Waals surface area contributed by atoms with Crippen molar-refractivity contribution in [1.29, 1.82) is 0 Å². The lowest BCUT2D eigenvalue weighted by atomic mass is 10.0. The zero-order chi connectivity index (χ0) is 23.0. The summed E-state index contributed by atoms with van der Waals surface area (Å²) in [6.45, 7) is 3.28. The van der Waals surface area contributed by atoms with Crippen LogP contribution in [0.15, 0.2) is 18.2 Å². The number of nitrogens with one attached hydrogen (secondary N) is 1. The number of benzene rings is 1. The summed E-state index contributed by atoms with van der Waals surface area (Å²) in [6, 6.07) is 4.05. The summed E-state index contributed by atoms with van der Waals surface area (Å²) in [5, 5.41) is 12.8. The third-order valence-corrected chi connectivity index (χ3v) is 5.31.